The van der Waals surface area contributed by atoms with E-state index >= 15 is 0 Å². The average Bonchev–Trinajstić information content (AvgIpc) is 3.05. The highest BCUT2D eigenvalue weighted by Gasteiger charge is 2.36. The summed E-state index contributed by atoms with van der Waals surface area (Å²) in [6.45, 7) is 22.0. The molecule has 2 aromatic carbocycles. The molecule has 4 rings (SSSR count). The minimum absolute atomic E-state index is 0.0591. The highest BCUT2D eigenvalue weighted by Crippen LogP contribution is 2.43. The molecule has 0 heterocycles. The van der Waals surface area contributed by atoms with E-state index in [9.17, 15) is 0 Å². The van der Waals surface area contributed by atoms with E-state index in [1.54, 1.807) is 0 Å². The van der Waals surface area contributed by atoms with Gasteiger partial charge in [-0.2, -0.15) is 0 Å². The molecule has 0 bridgehead atoms. The van der Waals surface area contributed by atoms with Gasteiger partial charge in [0.2, 0.25) is 0 Å². The summed E-state index contributed by atoms with van der Waals surface area (Å²) in [4.78, 5) is 0. The Morgan fingerprint density at radius 1 is 0.574 bits per heavy atom. The zero-order valence-electron chi connectivity index (χ0n) is 30.8. The Kier molecular flexibility index (Phi) is 13.2. The number of rotatable bonds is 18. The summed E-state index contributed by atoms with van der Waals surface area (Å²) in [5.41, 5.74) is 2.59. The van der Waals surface area contributed by atoms with Gasteiger partial charge in [0.1, 0.15) is 11.5 Å². The monoisotopic (exact) mass is 670 g/mol. The minimum atomic E-state index is -1.58. The molecule has 2 unspecified atom stereocenters. The molecule has 0 aliphatic heterocycles. The third kappa shape index (κ3) is 9.30. The van der Waals surface area contributed by atoms with Crippen molar-refractivity contribution < 1.29 is 14.2 Å². The lowest BCUT2D eigenvalue weighted by atomic mass is 9.72. The first kappa shape index (κ1) is 37.2. The molecule has 2 aliphatic rings. The summed E-state index contributed by atoms with van der Waals surface area (Å²) < 4.78 is 19.5. The molecule has 3 nitrogen and oxygen atoms in total. The smallest absolute Gasteiger partial charge is 0.122 e. The molecule has 256 valence electrons. The van der Waals surface area contributed by atoms with Crippen molar-refractivity contribution >= 4 is 26.5 Å². The molecule has 2 aliphatic carbocycles. The van der Waals surface area contributed by atoms with Crippen LogP contribution in [0, 0.1) is 0 Å². The van der Waals surface area contributed by atoms with Crippen molar-refractivity contribution in [1.82, 2.24) is 0 Å². The summed E-state index contributed by atoms with van der Waals surface area (Å²) in [6.07, 6.45) is 26.5. The van der Waals surface area contributed by atoms with Gasteiger partial charge in [-0.15, -0.1) is 0 Å². The summed E-state index contributed by atoms with van der Waals surface area (Å²) in [6, 6.07) is 13.8. The van der Waals surface area contributed by atoms with Crippen LogP contribution in [-0.2, 0) is 15.6 Å². The molecule has 47 heavy (non-hydrogen) atoms. The minimum Gasteiger partial charge on any atom is -0.493 e. The van der Waals surface area contributed by atoms with Crippen molar-refractivity contribution in [2.24, 2.45) is 0 Å². The molecule has 0 radical (unpaired) electrons. The van der Waals surface area contributed by atoms with Gasteiger partial charge in [-0.25, -0.2) is 0 Å². The fraction of sp³-hybridized carbons (Fsp3) is 0.524. The molecular weight excluding hydrogens is 609 g/mol. The maximum absolute atomic E-state index is 6.57. The molecule has 2 aromatic rings. The van der Waals surface area contributed by atoms with Gasteiger partial charge in [-0.3, -0.25) is 0 Å². The lowest BCUT2D eigenvalue weighted by molar-refractivity contribution is 0.119. The lowest BCUT2D eigenvalue weighted by Crippen LogP contribution is -2.40. The summed E-state index contributed by atoms with van der Waals surface area (Å²) >= 11 is 0. The highest BCUT2D eigenvalue weighted by molar-refractivity contribution is 6.89. The number of ether oxygens (including phenoxy) is 3. The second-order valence-corrected chi connectivity index (χ2v) is 25.8. The normalized spacial score (nSPS) is 20.9. The zero-order chi connectivity index (χ0) is 34.0. The first-order chi connectivity index (χ1) is 22.5. The van der Waals surface area contributed by atoms with E-state index in [0.717, 1.165) is 89.3 Å². The van der Waals surface area contributed by atoms with Crippen LogP contribution in [0.1, 0.15) is 76.3 Å². The van der Waals surface area contributed by atoms with Crippen LogP contribution in [0.4, 0.5) is 0 Å². The van der Waals surface area contributed by atoms with Crippen LogP contribution in [0.3, 0.4) is 0 Å². The molecule has 0 saturated carbocycles. The van der Waals surface area contributed by atoms with Crippen LogP contribution in [0.2, 0.25) is 39.3 Å². The summed E-state index contributed by atoms with van der Waals surface area (Å²) in [5, 5.41) is 2.86. The van der Waals surface area contributed by atoms with Gasteiger partial charge in [0, 0.05) is 35.2 Å². The van der Waals surface area contributed by atoms with Crippen LogP contribution >= 0.6 is 0 Å². The van der Waals surface area contributed by atoms with E-state index in [1.165, 1.54) is 21.5 Å². The number of para-hydroxylation sites is 2. The molecule has 0 N–H and O–H groups in total. The molecular formula is C42H62O3Si2. The molecule has 0 saturated heterocycles. The Balaban J connectivity index is 1.44. The van der Waals surface area contributed by atoms with Crippen molar-refractivity contribution in [3.05, 3.63) is 96.1 Å². The van der Waals surface area contributed by atoms with Crippen LogP contribution in [0.15, 0.2) is 85.0 Å². The fourth-order valence-corrected chi connectivity index (χ4v) is 10.2. The van der Waals surface area contributed by atoms with E-state index in [-0.39, 0.29) is 10.8 Å². The second kappa shape index (κ2) is 16.7. The molecule has 2 atom stereocenters. The Morgan fingerprint density at radius 2 is 1.00 bits per heavy atom. The zero-order valence-corrected chi connectivity index (χ0v) is 32.8. The van der Waals surface area contributed by atoms with Gasteiger partial charge in [0.15, 0.2) is 0 Å². The van der Waals surface area contributed by atoms with E-state index < -0.39 is 16.1 Å². The van der Waals surface area contributed by atoms with E-state index in [2.05, 4.69) is 138 Å². The van der Waals surface area contributed by atoms with Crippen molar-refractivity contribution in [3.63, 3.8) is 0 Å². The SMILES string of the molecule is CCCOc1c(C2(CCCOCCCC3(c4cccc([Si](C)(C)C)c4OCCC)C=CC=CC3)C=CC=CC2)cccc1[Si](C)(C)C. The van der Waals surface area contributed by atoms with E-state index in [1.807, 2.05) is 0 Å². The lowest BCUT2D eigenvalue weighted by Gasteiger charge is -2.36. The molecule has 0 aromatic heterocycles. The summed E-state index contributed by atoms with van der Waals surface area (Å²) in [5.74, 6) is 2.30. The van der Waals surface area contributed by atoms with Crippen molar-refractivity contribution in [1.29, 1.82) is 0 Å². The average molecular weight is 671 g/mol. The van der Waals surface area contributed by atoms with Gasteiger partial charge in [-0.05, 0) is 61.7 Å². The first-order valence-corrected chi connectivity index (χ1v) is 25.3. The van der Waals surface area contributed by atoms with E-state index in [4.69, 9.17) is 14.2 Å². The van der Waals surface area contributed by atoms with Crippen LogP contribution in [0.5, 0.6) is 11.5 Å². The van der Waals surface area contributed by atoms with Gasteiger partial charge in [0.25, 0.3) is 0 Å². The standard InChI is InChI=1S/C42H62O3Si2/c1-9-31-44-39-35(21-17-23-37(39)46(3,4)5)41(25-13-11-14-26-41)29-19-33-43-34-20-30-42(27-15-12-16-28-42)36-22-18-24-38(47(6,7)8)40(36)45-32-10-2/h11-18,21-25,27H,9-10,19-20,26,28-34H2,1-8H3. The van der Waals surface area contributed by atoms with Gasteiger partial charge < -0.3 is 14.2 Å². The predicted octanol–water partition coefficient (Wildman–Crippen LogP) is 10.1. The van der Waals surface area contributed by atoms with Gasteiger partial charge in [-0.1, -0.05) is 138 Å². The largest absolute Gasteiger partial charge is 0.493 e. The van der Waals surface area contributed by atoms with Gasteiger partial charge >= 0.3 is 0 Å². The number of benzene rings is 2. The Morgan fingerprint density at radius 3 is 1.34 bits per heavy atom. The maximum Gasteiger partial charge on any atom is 0.122 e. The second-order valence-electron chi connectivity index (χ2n) is 15.7. The number of allylic oxidation sites excluding steroid dienone is 8. The van der Waals surface area contributed by atoms with E-state index in [0.29, 0.717) is 0 Å². The number of hydrogen-bond acceptors (Lipinski definition) is 3. The van der Waals surface area contributed by atoms with Crippen LogP contribution in [0.25, 0.3) is 0 Å². The fourth-order valence-electron chi connectivity index (χ4n) is 7.21. The third-order valence-electron chi connectivity index (χ3n) is 9.73. The molecule has 0 fully saturated rings. The third-order valence-corrected chi connectivity index (χ3v) is 13.8. The molecule has 0 amide bonds. The van der Waals surface area contributed by atoms with Crippen LogP contribution < -0.4 is 19.8 Å². The van der Waals surface area contributed by atoms with Crippen molar-refractivity contribution in [3.8, 4) is 11.5 Å². The predicted molar refractivity (Wildman–Crippen MR) is 209 cm³/mol. The molecule has 5 heteroatoms. The highest BCUT2D eigenvalue weighted by atomic mass is 28.3. The summed E-state index contributed by atoms with van der Waals surface area (Å²) in [7, 11) is -3.17. The quantitative estimate of drug-likeness (QED) is 0.117. The number of hydrogen-bond donors (Lipinski definition) is 0. The van der Waals surface area contributed by atoms with Crippen LogP contribution in [-0.4, -0.2) is 42.6 Å². The topological polar surface area (TPSA) is 27.7 Å². The van der Waals surface area contributed by atoms with Crippen molar-refractivity contribution in [2.75, 3.05) is 26.4 Å². The first-order valence-electron chi connectivity index (χ1n) is 18.3. The maximum atomic E-state index is 6.57. The Labute approximate surface area is 289 Å². The Bertz CT molecular complexity index is 1320. The molecule has 0 spiro atoms. The van der Waals surface area contributed by atoms with Crippen molar-refractivity contribution in [2.45, 2.75) is 115 Å². The van der Waals surface area contributed by atoms with Gasteiger partial charge in [0.05, 0.1) is 29.4 Å². The Hall–Kier alpha value is -2.61.